The maximum absolute atomic E-state index is 13.7. The van der Waals surface area contributed by atoms with Gasteiger partial charge in [-0.25, -0.2) is 13.9 Å². The van der Waals surface area contributed by atoms with E-state index in [1.807, 2.05) is 30.3 Å². The molecule has 2 saturated heterocycles. The van der Waals surface area contributed by atoms with Gasteiger partial charge in [-0.05, 0) is 12.1 Å². The van der Waals surface area contributed by atoms with E-state index in [4.69, 9.17) is 18.9 Å². The quantitative estimate of drug-likeness (QED) is 0.596. The SMILES string of the molecule is COC(=O)[C@@H]1O[C@@H]2COC(c3ccccc3)O[C@@H]2[C@H](n2cc(-c3cccc(F)c3)nn2)[C@H]1O. The van der Waals surface area contributed by atoms with E-state index in [1.54, 1.807) is 18.3 Å². The zero-order valence-corrected chi connectivity index (χ0v) is 17.7. The van der Waals surface area contributed by atoms with Crippen LogP contribution in [0.2, 0.25) is 0 Å². The van der Waals surface area contributed by atoms with E-state index in [1.165, 1.54) is 23.9 Å². The number of benzene rings is 2. The molecule has 5 rings (SSSR count). The summed E-state index contributed by atoms with van der Waals surface area (Å²) in [5.74, 6) is -1.13. The highest BCUT2D eigenvalue weighted by Gasteiger charge is 2.53. The van der Waals surface area contributed by atoms with Gasteiger partial charge in [0.25, 0.3) is 0 Å². The van der Waals surface area contributed by atoms with E-state index >= 15 is 0 Å². The molecule has 1 unspecified atom stereocenters. The van der Waals surface area contributed by atoms with Crippen LogP contribution < -0.4 is 0 Å². The Morgan fingerprint density at radius 1 is 1.18 bits per heavy atom. The molecule has 0 spiro atoms. The third-order valence-electron chi connectivity index (χ3n) is 5.82. The smallest absolute Gasteiger partial charge is 0.337 e. The molecule has 1 N–H and O–H groups in total. The van der Waals surface area contributed by atoms with Crippen molar-refractivity contribution < 1.29 is 33.2 Å². The minimum Gasteiger partial charge on any atom is -0.467 e. The highest BCUT2D eigenvalue weighted by atomic mass is 19.1. The minimum absolute atomic E-state index is 0.131. The molecule has 6 atom stereocenters. The standard InChI is InChI=1S/C23H22FN3O6/c1-30-22(29)21-19(28)18(27-11-16(25-26-27)14-8-5-9-15(24)10-14)20-17(32-21)12-31-23(33-20)13-6-3-2-4-7-13/h2-11,17-21,23,28H,12H2,1H3/t17-,18-,19-,20+,21-,23?/m1/s1. The summed E-state index contributed by atoms with van der Waals surface area (Å²) in [7, 11) is 1.22. The number of nitrogens with zero attached hydrogens (tertiary/aromatic N) is 3. The first-order valence-corrected chi connectivity index (χ1v) is 10.5. The average molecular weight is 455 g/mol. The molecule has 3 aromatic rings. The lowest BCUT2D eigenvalue weighted by Crippen LogP contribution is -2.61. The summed E-state index contributed by atoms with van der Waals surface area (Å²) in [4.78, 5) is 12.3. The van der Waals surface area contributed by atoms with Crippen LogP contribution in [-0.4, -0.2) is 64.2 Å². The van der Waals surface area contributed by atoms with Crippen molar-refractivity contribution in [3.8, 4) is 11.3 Å². The molecule has 2 fully saturated rings. The predicted molar refractivity (Wildman–Crippen MR) is 111 cm³/mol. The number of esters is 1. The molecular weight excluding hydrogens is 433 g/mol. The number of aliphatic hydroxyl groups excluding tert-OH is 1. The first kappa shape index (κ1) is 21.7. The van der Waals surface area contributed by atoms with Crippen LogP contribution in [0.3, 0.4) is 0 Å². The molecule has 172 valence electrons. The molecule has 9 nitrogen and oxygen atoms in total. The van der Waals surface area contributed by atoms with Gasteiger partial charge in [0.1, 0.15) is 35.9 Å². The van der Waals surface area contributed by atoms with Crippen LogP contribution in [-0.2, 0) is 23.7 Å². The van der Waals surface area contributed by atoms with E-state index in [-0.39, 0.29) is 6.61 Å². The summed E-state index contributed by atoms with van der Waals surface area (Å²) in [5.41, 5.74) is 1.74. The normalized spacial score (nSPS) is 29.3. The van der Waals surface area contributed by atoms with Crippen molar-refractivity contribution in [2.24, 2.45) is 0 Å². The number of carbonyl (C=O) groups is 1. The van der Waals surface area contributed by atoms with Gasteiger partial charge in [-0.3, -0.25) is 0 Å². The molecule has 0 radical (unpaired) electrons. The van der Waals surface area contributed by atoms with Crippen molar-refractivity contribution in [1.29, 1.82) is 0 Å². The van der Waals surface area contributed by atoms with Crippen molar-refractivity contribution in [1.82, 2.24) is 15.0 Å². The third-order valence-corrected chi connectivity index (χ3v) is 5.82. The molecule has 0 aliphatic carbocycles. The van der Waals surface area contributed by atoms with Crippen LogP contribution in [0.15, 0.2) is 60.8 Å². The van der Waals surface area contributed by atoms with Crippen LogP contribution in [0.4, 0.5) is 4.39 Å². The zero-order valence-electron chi connectivity index (χ0n) is 17.7. The molecule has 3 heterocycles. The maximum atomic E-state index is 13.7. The Labute approximate surface area is 188 Å². The van der Waals surface area contributed by atoms with Gasteiger partial charge in [0.05, 0.1) is 19.9 Å². The minimum atomic E-state index is -1.34. The Morgan fingerprint density at radius 2 is 2.00 bits per heavy atom. The van der Waals surface area contributed by atoms with Gasteiger partial charge < -0.3 is 24.1 Å². The molecule has 2 aromatic carbocycles. The summed E-state index contributed by atoms with van der Waals surface area (Å²) in [5, 5.41) is 19.4. The number of aromatic nitrogens is 3. The number of hydrogen-bond donors (Lipinski definition) is 1. The van der Waals surface area contributed by atoms with Gasteiger partial charge in [-0.1, -0.05) is 47.7 Å². The molecule has 2 aliphatic rings. The van der Waals surface area contributed by atoms with Crippen LogP contribution >= 0.6 is 0 Å². The number of hydrogen-bond acceptors (Lipinski definition) is 8. The first-order valence-electron chi connectivity index (χ1n) is 10.5. The Morgan fingerprint density at radius 3 is 2.76 bits per heavy atom. The highest BCUT2D eigenvalue weighted by molar-refractivity contribution is 5.75. The van der Waals surface area contributed by atoms with Crippen LogP contribution in [0, 0.1) is 5.82 Å². The van der Waals surface area contributed by atoms with Gasteiger partial charge in [0, 0.05) is 11.1 Å². The second-order valence-corrected chi connectivity index (χ2v) is 7.87. The molecule has 0 bridgehead atoms. The van der Waals surface area contributed by atoms with E-state index in [2.05, 4.69) is 10.3 Å². The number of aliphatic hydroxyl groups is 1. The number of carbonyl (C=O) groups excluding carboxylic acids is 1. The lowest BCUT2D eigenvalue weighted by atomic mass is 9.91. The Kier molecular flexibility index (Phi) is 5.90. The van der Waals surface area contributed by atoms with Gasteiger partial charge >= 0.3 is 5.97 Å². The summed E-state index contributed by atoms with van der Waals surface area (Å²) in [6.45, 7) is 0.131. The summed E-state index contributed by atoms with van der Waals surface area (Å²) < 4.78 is 37.8. The highest BCUT2D eigenvalue weighted by Crippen LogP contribution is 2.39. The topological polar surface area (TPSA) is 105 Å². The molecule has 10 heteroatoms. The van der Waals surface area contributed by atoms with Gasteiger partial charge in [0.15, 0.2) is 12.4 Å². The predicted octanol–water partition coefficient (Wildman–Crippen LogP) is 2.04. The number of methoxy groups -OCH3 is 1. The maximum Gasteiger partial charge on any atom is 0.337 e. The summed E-state index contributed by atoms with van der Waals surface area (Å²) >= 11 is 0. The van der Waals surface area contributed by atoms with Crippen molar-refractivity contribution >= 4 is 5.97 Å². The largest absolute Gasteiger partial charge is 0.467 e. The molecule has 0 amide bonds. The first-order chi connectivity index (χ1) is 16.0. The van der Waals surface area contributed by atoms with Crippen LogP contribution in [0.25, 0.3) is 11.3 Å². The van der Waals surface area contributed by atoms with Gasteiger partial charge in [-0.15, -0.1) is 5.10 Å². The number of rotatable bonds is 4. The fourth-order valence-corrected chi connectivity index (χ4v) is 4.21. The molecular formula is C23H22FN3O6. The lowest BCUT2D eigenvalue weighted by Gasteiger charge is -2.47. The Hall–Kier alpha value is -3.18. The van der Waals surface area contributed by atoms with E-state index < -0.39 is 48.5 Å². The second-order valence-electron chi connectivity index (χ2n) is 7.87. The molecule has 2 aliphatic heterocycles. The monoisotopic (exact) mass is 455 g/mol. The number of halogens is 1. The van der Waals surface area contributed by atoms with Crippen LogP contribution in [0.5, 0.6) is 0 Å². The van der Waals surface area contributed by atoms with E-state index in [9.17, 15) is 14.3 Å². The molecule has 1 aromatic heterocycles. The Balaban J connectivity index is 1.49. The van der Waals surface area contributed by atoms with Crippen molar-refractivity contribution in [3.05, 3.63) is 72.2 Å². The molecule has 0 saturated carbocycles. The average Bonchev–Trinajstić information content (AvgIpc) is 3.33. The summed E-state index contributed by atoms with van der Waals surface area (Å²) in [6.07, 6.45) is -3.08. The number of ether oxygens (including phenoxy) is 4. The lowest BCUT2D eigenvalue weighted by molar-refractivity contribution is -0.314. The van der Waals surface area contributed by atoms with E-state index in [0.29, 0.717) is 11.3 Å². The Bertz CT molecular complexity index is 1130. The third kappa shape index (κ3) is 4.13. The second kappa shape index (κ2) is 8.99. The van der Waals surface area contributed by atoms with Crippen molar-refractivity contribution in [2.45, 2.75) is 36.7 Å². The van der Waals surface area contributed by atoms with Crippen LogP contribution in [0.1, 0.15) is 17.9 Å². The van der Waals surface area contributed by atoms with Gasteiger partial charge in [0.2, 0.25) is 0 Å². The van der Waals surface area contributed by atoms with Crippen molar-refractivity contribution in [2.75, 3.05) is 13.7 Å². The fourth-order valence-electron chi connectivity index (χ4n) is 4.21. The molecule has 33 heavy (non-hydrogen) atoms. The zero-order chi connectivity index (χ0) is 22.9. The van der Waals surface area contributed by atoms with Crippen molar-refractivity contribution in [3.63, 3.8) is 0 Å². The van der Waals surface area contributed by atoms with E-state index in [0.717, 1.165) is 5.56 Å². The number of fused-ring (bicyclic) bond motifs is 1. The van der Waals surface area contributed by atoms with Gasteiger partial charge in [-0.2, -0.15) is 0 Å². The summed E-state index contributed by atoms with van der Waals surface area (Å²) in [6, 6.07) is 14.5. The fraction of sp³-hybridized carbons (Fsp3) is 0.348.